The first-order chi connectivity index (χ1) is 12.2. The molecule has 0 radical (unpaired) electrons. The van der Waals surface area contributed by atoms with Gasteiger partial charge in [-0.05, 0) is 29.8 Å². The van der Waals surface area contributed by atoms with Crippen molar-refractivity contribution in [1.82, 2.24) is 4.98 Å². The largest absolute Gasteiger partial charge is 0.380 e. The maximum Gasteiger partial charge on any atom is 0.227 e. The molecule has 0 aliphatic heterocycles. The van der Waals surface area contributed by atoms with E-state index < -0.39 is 0 Å². The number of nitrogens with zero attached hydrogens (tertiary/aromatic N) is 1. The maximum absolute atomic E-state index is 12.0. The lowest BCUT2D eigenvalue weighted by Crippen LogP contribution is -2.28. The van der Waals surface area contributed by atoms with E-state index in [2.05, 4.69) is 16.4 Å². The molecule has 26 heavy (non-hydrogen) atoms. The van der Waals surface area contributed by atoms with Gasteiger partial charge in [0.25, 0.3) is 0 Å². The van der Waals surface area contributed by atoms with E-state index >= 15 is 0 Å². The third-order valence-corrected chi connectivity index (χ3v) is 4.98. The van der Waals surface area contributed by atoms with Gasteiger partial charge in [0.05, 0.1) is 27.7 Å². The van der Waals surface area contributed by atoms with Crippen LogP contribution in [0.2, 0.25) is 0 Å². The Morgan fingerprint density at radius 3 is 2.62 bits per heavy atom. The number of thiazole rings is 1. The second-order valence-electron chi connectivity index (χ2n) is 5.79. The highest BCUT2D eigenvalue weighted by Gasteiger charge is 2.11. The van der Waals surface area contributed by atoms with E-state index in [1.54, 1.807) is 18.4 Å². The number of para-hydroxylation sites is 1. The van der Waals surface area contributed by atoms with E-state index in [9.17, 15) is 4.79 Å². The van der Waals surface area contributed by atoms with Gasteiger partial charge in [-0.3, -0.25) is 4.79 Å². The zero-order chi connectivity index (χ0) is 17.6. The number of methoxy groups -OCH3 is 1. The quantitative estimate of drug-likeness (QED) is 0.645. The Labute approximate surface area is 163 Å². The number of halogens is 1. The Bertz CT molecular complexity index is 814. The summed E-state index contributed by atoms with van der Waals surface area (Å²) in [6, 6.07) is 16.0. The summed E-state index contributed by atoms with van der Waals surface area (Å²) in [6.07, 6.45) is 0.783. The second kappa shape index (κ2) is 9.64. The molecule has 0 fully saturated rings. The fourth-order valence-electron chi connectivity index (χ4n) is 2.56. The number of benzene rings is 2. The van der Waals surface area contributed by atoms with Gasteiger partial charge in [0.15, 0.2) is 0 Å². The van der Waals surface area contributed by atoms with Crippen molar-refractivity contribution in [1.29, 1.82) is 0 Å². The highest BCUT2D eigenvalue weighted by Crippen LogP contribution is 2.24. The molecule has 0 aliphatic rings. The van der Waals surface area contributed by atoms with Crippen molar-refractivity contribution < 1.29 is 9.53 Å². The Hall–Kier alpha value is -1.99. The molecule has 1 amide bonds. The van der Waals surface area contributed by atoms with Crippen LogP contribution >= 0.6 is 23.7 Å². The van der Waals surface area contributed by atoms with Crippen molar-refractivity contribution in [2.45, 2.75) is 18.9 Å². The zero-order valence-corrected chi connectivity index (χ0v) is 16.1. The average molecular weight is 392 g/mol. The van der Waals surface area contributed by atoms with E-state index in [4.69, 9.17) is 10.5 Å². The molecule has 0 spiro atoms. The number of rotatable bonds is 7. The third-order valence-electron chi connectivity index (χ3n) is 3.94. The molecule has 1 atom stereocenters. The van der Waals surface area contributed by atoms with Gasteiger partial charge in [-0.2, -0.15) is 0 Å². The fourth-order valence-corrected chi connectivity index (χ4v) is 3.56. The Kier molecular flexibility index (Phi) is 7.53. The molecule has 2 aromatic carbocycles. The molecule has 3 rings (SSSR count). The minimum atomic E-state index is -0.252. The van der Waals surface area contributed by atoms with Gasteiger partial charge in [0.1, 0.15) is 0 Å². The standard InChI is InChI=1S/C19H21N3O2S.ClH/c1-24-15(12-20)11-18(23)21-14-8-6-13(7-9-14)10-19-22-16-4-2-3-5-17(16)25-19;/h2-9,15H,10-12,20H2,1H3,(H,21,23);1H. The molecule has 0 saturated carbocycles. The minimum Gasteiger partial charge on any atom is -0.380 e. The van der Waals surface area contributed by atoms with E-state index in [1.165, 1.54) is 4.70 Å². The van der Waals surface area contributed by atoms with Gasteiger partial charge < -0.3 is 15.8 Å². The number of fused-ring (bicyclic) bond motifs is 1. The lowest BCUT2D eigenvalue weighted by atomic mass is 10.1. The molecule has 5 nitrogen and oxygen atoms in total. The number of carbonyl (C=O) groups is 1. The first-order valence-corrected chi connectivity index (χ1v) is 8.95. The molecule has 0 aliphatic carbocycles. The van der Waals surface area contributed by atoms with Crippen LogP contribution < -0.4 is 11.1 Å². The number of hydrogen-bond acceptors (Lipinski definition) is 5. The van der Waals surface area contributed by atoms with Crippen LogP contribution in [0.3, 0.4) is 0 Å². The van der Waals surface area contributed by atoms with Crippen LogP contribution in [-0.2, 0) is 16.0 Å². The van der Waals surface area contributed by atoms with Crippen LogP contribution in [0, 0.1) is 0 Å². The molecule has 1 heterocycles. The first-order valence-electron chi connectivity index (χ1n) is 8.14. The van der Waals surface area contributed by atoms with E-state index in [0.29, 0.717) is 6.54 Å². The van der Waals surface area contributed by atoms with E-state index in [-0.39, 0.29) is 30.8 Å². The highest BCUT2D eigenvalue weighted by atomic mass is 35.5. The van der Waals surface area contributed by atoms with Crippen molar-refractivity contribution in [2.24, 2.45) is 5.73 Å². The van der Waals surface area contributed by atoms with Gasteiger partial charge in [-0.1, -0.05) is 24.3 Å². The van der Waals surface area contributed by atoms with Crippen LogP contribution in [0.25, 0.3) is 10.2 Å². The zero-order valence-electron chi connectivity index (χ0n) is 14.5. The predicted molar refractivity (Wildman–Crippen MR) is 109 cm³/mol. The van der Waals surface area contributed by atoms with Crippen LogP contribution in [0.5, 0.6) is 0 Å². The number of ether oxygens (including phenoxy) is 1. The summed E-state index contributed by atoms with van der Waals surface area (Å²) in [5.41, 5.74) is 8.51. The van der Waals surface area contributed by atoms with Crippen LogP contribution in [-0.4, -0.2) is 30.6 Å². The molecule has 1 unspecified atom stereocenters. The van der Waals surface area contributed by atoms with E-state index in [0.717, 1.165) is 28.2 Å². The molecule has 0 saturated heterocycles. The van der Waals surface area contributed by atoms with E-state index in [1.807, 2.05) is 42.5 Å². The Morgan fingerprint density at radius 2 is 1.96 bits per heavy atom. The molecule has 7 heteroatoms. The topological polar surface area (TPSA) is 77.2 Å². The predicted octanol–water partition coefficient (Wildman–Crippen LogP) is 3.61. The smallest absolute Gasteiger partial charge is 0.227 e. The van der Waals surface area contributed by atoms with Crippen molar-refractivity contribution in [3.8, 4) is 0 Å². The summed E-state index contributed by atoms with van der Waals surface area (Å²) < 4.78 is 6.33. The molecular formula is C19H22ClN3O2S. The molecule has 3 aromatic rings. The van der Waals surface area contributed by atoms with Crippen LogP contribution in [0.15, 0.2) is 48.5 Å². The number of aromatic nitrogens is 1. The van der Waals surface area contributed by atoms with Crippen LogP contribution in [0.4, 0.5) is 5.69 Å². The number of amides is 1. The first kappa shape index (κ1) is 20.3. The maximum atomic E-state index is 12.0. The normalized spacial score (nSPS) is 11.8. The summed E-state index contributed by atoms with van der Waals surface area (Å²) >= 11 is 1.71. The van der Waals surface area contributed by atoms with Crippen molar-refractivity contribution in [2.75, 3.05) is 19.0 Å². The fraction of sp³-hybridized carbons (Fsp3) is 0.263. The summed E-state index contributed by atoms with van der Waals surface area (Å²) in [5.74, 6) is -0.101. The monoisotopic (exact) mass is 391 g/mol. The van der Waals surface area contributed by atoms with Crippen molar-refractivity contribution in [3.05, 3.63) is 59.1 Å². The second-order valence-corrected chi connectivity index (χ2v) is 6.91. The number of anilines is 1. The number of carbonyl (C=O) groups excluding carboxylic acids is 1. The van der Waals surface area contributed by atoms with Gasteiger partial charge in [-0.25, -0.2) is 4.98 Å². The van der Waals surface area contributed by atoms with Crippen LogP contribution in [0.1, 0.15) is 17.0 Å². The summed E-state index contributed by atoms with van der Waals surface area (Å²) in [6.45, 7) is 0.324. The van der Waals surface area contributed by atoms with Gasteiger partial charge in [0.2, 0.25) is 5.91 Å². The minimum absolute atomic E-state index is 0. The van der Waals surface area contributed by atoms with Crippen molar-refractivity contribution in [3.63, 3.8) is 0 Å². The lowest BCUT2D eigenvalue weighted by Gasteiger charge is -2.12. The number of hydrogen-bond donors (Lipinski definition) is 2. The summed E-state index contributed by atoms with van der Waals surface area (Å²) in [7, 11) is 1.56. The molecule has 3 N–H and O–H groups in total. The average Bonchev–Trinajstić information content (AvgIpc) is 3.03. The molecule has 1 aromatic heterocycles. The number of nitrogens with two attached hydrogens (primary N) is 1. The lowest BCUT2D eigenvalue weighted by molar-refractivity contribution is -0.118. The van der Waals surface area contributed by atoms with Gasteiger partial charge in [0, 0.05) is 25.8 Å². The molecular weight excluding hydrogens is 370 g/mol. The summed E-state index contributed by atoms with van der Waals surface area (Å²) in [5, 5.41) is 3.95. The Balaban J connectivity index is 0.00000243. The van der Waals surface area contributed by atoms with Gasteiger partial charge >= 0.3 is 0 Å². The third kappa shape index (κ3) is 5.25. The summed E-state index contributed by atoms with van der Waals surface area (Å²) in [4.78, 5) is 16.6. The number of nitrogens with one attached hydrogen (secondary N) is 1. The molecule has 138 valence electrons. The highest BCUT2D eigenvalue weighted by molar-refractivity contribution is 7.18. The Morgan fingerprint density at radius 1 is 1.23 bits per heavy atom. The molecule has 0 bridgehead atoms. The van der Waals surface area contributed by atoms with Gasteiger partial charge in [-0.15, -0.1) is 23.7 Å². The van der Waals surface area contributed by atoms with Crippen molar-refractivity contribution >= 4 is 45.6 Å². The SMILES string of the molecule is COC(CN)CC(=O)Nc1ccc(Cc2nc3ccccc3s2)cc1.Cl.